The maximum absolute atomic E-state index is 3.26. The Labute approximate surface area is 97.7 Å². The maximum Gasteiger partial charge on any atom is 0.0548 e. The molecule has 0 saturated carbocycles. The zero-order valence-corrected chi connectivity index (χ0v) is 10.5. The van der Waals surface area contributed by atoms with Crippen molar-refractivity contribution in [3.05, 3.63) is 34.5 Å². The van der Waals surface area contributed by atoms with Crippen molar-refractivity contribution in [1.82, 2.24) is 4.98 Å². The molecule has 0 fully saturated rings. The molecule has 0 bridgehead atoms. The highest BCUT2D eigenvalue weighted by molar-refractivity contribution is 14.1. The van der Waals surface area contributed by atoms with Gasteiger partial charge in [0.1, 0.15) is 0 Å². The van der Waals surface area contributed by atoms with E-state index in [9.17, 15) is 0 Å². The van der Waals surface area contributed by atoms with E-state index in [0.717, 1.165) is 12.1 Å². The van der Waals surface area contributed by atoms with Crippen LogP contribution in [-0.4, -0.2) is 8.41 Å². The Morgan fingerprint density at radius 1 is 1.36 bits per heavy atom. The molecule has 0 amide bonds. The maximum atomic E-state index is 3.26. The molecule has 1 aliphatic carbocycles. The number of aromatic amines is 1. The second kappa shape index (κ2) is 3.47. The van der Waals surface area contributed by atoms with Gasteiger partial charge in [-0.25, -0.2) is 0 Å². The minimum Gasteiger partial charge on any atom is -0.360 e. The van der Waals surface area contributed by atoms with Crippen LogP contribution in [-0.2, 0) is 6.42 Å². The Bertz CT molecular complexity index is 447. The lowest BCUT2D eigenvalue weighted by molar-refractivity contribution is 0.744. The molecule has 0 atom stereocenters. The Morgan fingerprint density at radius 3 is 2.79 bits per heavy atom. The Kier molecular flexibility index (Phi) is 2.44. The van der Waals surface area contributed by atoms with Crippen molar-refractivity contribution in [2.75, 3.05) is 0 Å². The van der Waals surface area contributed by atoms with E-state index in [4.69, 9.17) is 0 Å². The van der Waals surface area contributed by atoms with Crippen molar-refractivity contribution in [1.29, 1.82) is 0 Å². The molecule has 0 saturated heterocycles. The molecule has 0 radical (unpaired) electrons. The van der Waals surface area contributed by atoms with Crippen LogP contribution in [0.3, 0.4) is 0 Å². The first-order valence-corrected chi connectivity index (χ1v) is 5.71. The van der Waals surface area contributed by atoms with Gasteiger partial charge in [-0.1, -0.05) is 47.9 Å². The zero-order chi connectivity index (χ0) is 10.2. The van der Waals surface area contributed by atoms with E-state index in [-0.39, 0.29) is 0 Å². The zero-order valence-electron chi connectivity index (χ0n) is 8.32. The predicted octanol–water partition coefficient (Wildman–Crippen LogP) is 3.56. The molecule has 2 heteroatoms. The fourth-order valence-corrected chi connectivity index (χ4v) is 2.02. The first-order valence-electron chi connectivity index (χ1n) is 4.63. The van der Waals surface area contributed by atoms with Crippen LogP contribution in [0.2, 0.25) is 0 Å². The van der Waals surface area contributed by atoms with E-state index in [2.05, 4.69) is 59.1 Å². The minimum absolute atomic E-state index is 0.298. The van der Waals surface area contributed by atoms with Crippen molar-refractivity contribution in [2.24, 2.45) is 0 Å². The fraction of sp³-hybridized carbons (Fsp3) is 0.333. The van der Waals surface area contributed by atoms with Crippen LogP contribution in [0.15, 0.2) is 17.7 Å². The van der Waals surface area contributed by atoms with Crippen LogP contribution in [0.1, 0.15) is 30.7 Å². The van der Waals surface area contributed by atoms with E-state index in [1.54, 1.807) is 0 Å². The van der Waals surface area contributed by atoms with Gasteiger partial charge in [-0.15, -0.1) is 0 Å². The summed E-state index contributed by atoms with van der Waals surface area (Å²) in [5.74, 6) is 0. The van der Waals surface area contributed by atoms with Crippen molar-refractivity contribution in [3.8, 4) is 0 Å². The molecule has 1 aromatic heterocycles. The third kappa shape index (κ3) is 2.03. The lowest BCUT2D eigenvalue weighted by atomic mass is 10.00. The summed E-state index contributed by atoms with van der Waals surface area (Å²) in [6, 6.07) is 0. The highest BCUT2D eigenvalue weighted by Crippen LogP contribution is 2.27. The number of nitrogens with one attached hydrogen (secondary N) is 1. The summed E-state index contributed by atoms with van der Waals surface area (Å²) >= 11 is 2.48. The molecule has 0 aromatic carbocycles. The molecule has 0 spiro atoms. The second-order valence-electron chi connectivity index (χ2n) is 4.11. The highest BCUT2D eigenvalue weighted by atomic mass is 127. The van der Waals surface area contributed by atoms with Crippen LogP contribution in [0, 0.1) is 0 Å². The van der Waals surface area contributed by atoms with E-state index >= 15 is 0 Å². The van der Waals surface area contributed by atoms with E-state index in [1.807, 2.05) is 12.2 Å². The molecule has 72 valence electrons. The van der Waals surface area contributed by atoms with Crippen LogP contribution >= 0.6 is 22.6 Å². The SMILES string of the molecule is CC(C)(I)Cc1c[nH]c2c1C=C=C=C2. The molecular formula is C12H12IN. The summed E-state index contributed by atoms with van der Waals surface area (Å²) < 4.78 is 0.298. The number of hydrogen-bond acceptors (Lipinski definition) is 0. The summed E-state index contributed by atoms with van der Waals surface area (Å²) in [5, 5.41) is 0. The minimum atomic E-state index is 0.298. The van der Waals surface area contributed by atoms with Crippen molar-refractivity contribution >= 4 is 34.7 Å². The average molecular weight is 297 g/mol. The van der Waals surface area contributed by atoms with E-state index in [1.165, 1.54) is 11.1 Å². The quantitative estimate of drug-likeness (QED) is 0.495. The molecule has 1 aromatic rings. The molecule has 1 N–H and O–H groups in total. The van der Waals surface area contributed by atoms with Gasteiger partial charge in [-0.3, -0.25) is 0 Å². The number of hydrogen-bond donors (Lipinski definition) is 1. The van der Waals surface area contributed by atoms with Gasteiger partial charge in [0, 0.05) is 21.3 Å². The van der Waals surface area contributed by atoms with Gasteiger partial charge in [0.05, 0.1) is 5.69 Å². The first kappa shape index (κ1) is 9.85. The van der Waals surface area contributed by atoms with Crippen molar-refractivity contribution in [3.63, 3.8) is 0 Å². The van der Waals surface area contributed by atoms with Crippen LogP contribution in [0.4, 0.5) is 0 Å². The molecule has 2 rings (SSSR count). The number of alkyl halides is 1. The highest BCUT2D eigenvalue weighted by Gasteiger charge is 2.17. The van der Waals surface area contributed by atoms with Crippen molar-refractivity contribution < 1.29 is 0 Å². The van der Waals surface area contributed by atoms with Gasteiger partial charge in [-0.2, -0.15) is 0 Å². The lowest BCUT2D eigenvalue weighted by Gasteiger charge is -2.15. The van der Waals surface area contributed by atoms with Gasteiger partial charge in [0.25, 0.3) is 0 Å². The predicted molar refractivity (Wildman–Crippen MR) is 68.5 cm³/mol. The standard InChI is InChI=1S/C12H12IN/c1-12(2,13)7-9-8-14-11-6-4-3-5-10(9)11/h5-6,8,14H,7H2,1-2H3. The van der Waals surface area contributed by atoms with Gasteiger partial charge in [0.2, 0.25) is 0 Å². The van der Waals surface area contributed by atoms with Crippen molar-refractivity contribution in [2.45, 2.75) is 23.7 Å². The number of fused-ring (bicyclic) bond motifs is 1. The monoisotopic (exact) mass is 297 g/mol. The molecule has 1 nitrogen and oxygen atoms in total. The van der Waals surface area contributed by atoms with Gasteiger partial charge in [-0.05, 0) is 18.1 Å². The first-order chi connectivity index (χ1) is 6.56. The summed E-state index contributed by atoms with van der Waals surface area (Å²) in [5.41, 5.74) is 9.74. The smallest absolute Gasteiger partial charge is 0.0548 e. The summed E-state index contributed by atoms with van der Waals surface area (Å²) in [6.45, 7) is 4.48. The van der Waals surface area contributed by atoms with E-state index < -0.39 is 0 Å². The number of H-pyrrole nitrogens is 1. The normalized spacial score (nSPS) is 13.4. The number of halogens is 1. The van der Waals surface area contributed by atoms with Crippen LogP contribution < -0.4 is 0 Å². The second-order valence-corrected chi connectivity index (χ2v) is 7.03. The Balaban J connectivity index is 2.36. The van der Waals surface area contributed by atoms with Crippen LogP contribution in [0.5, 0.6) is 0 Å². The number of aromatic nitrogens is 1. The largest absolute Gasteiger partial charge is 0.360 e. The molecule has 0 aliphatic heterocycles. The lowest BCUT2D eigenvalue weighted by Crippen LogP contribution is -2.13. The third-order valence-corrected chi connectivity index (χ3v) is 2.55. The van der Waals surface area contributed by atoms with E-state index in [0.29, 0.717) is 3.42 Å². The Hall–Kier alpha value is -0.690. The van der Waals surface area contributed by atoms with Gasteiger partial charge >= 0.3 is 0 Å². The molecule has 1 aliphatic rings. The fourth-order valence-electron chi connectivity index (χ4n) is 1.61. The average Bonchev–Trinajstić information content (AvgIpc) is 2.47. The van der Waals surface area contributed by atoms with Gasteiger partial charge in [0.15, 0.2) is 0 Å². The molecular weight excluding hydrogens is 285 g/mol. The van der Waals surface area contributed by atoms with Crippen LogP contribution in [0.25, 0.3) is 12.2 Å². The molecule has 0 unspecified atom stereocenters. The molecule has 14 heavy (non-hydrogen) atoms. The summed E-state index contributed by atoms with van der Waals surface area (Å²) in [7, 11) is 0. The number of rotatable bonds is 2. The molecule has 1 heterocycles. The van der Waals surface area contributed by atoms with Gasteiger partial charge < -0.3 is 4.98 Å². The Morgan fingerprint density at radius 2 is 2.07 bits per heavy atom. The summed E-state index contributed by atoms with van der Waals surface area (Å²) in [6.07, 6.45) is 7.11. The third-order valence-electron chi connectivity index (χ3n) is 2.17. The topological polar surface area (TPSA) is 15.8 Å². The summed E-state index contributed by atoms with van der Waals surface area (Å²) in [4.78, 5) is 3.26.